The molecule has 6 rings (SSSR count). The van der Waals surface area contributed by atoms with Gasteiger partial charge in [0.1, 0.15) is 28.7 Å². The number of ether oxygens (including phenoxy) is 1. The van der Waals surface area contributed by atoms with Crippen LogP contribution >= 0.6 is 11.8 Å². The Hall–Kier alpha value is -3.47. The first-order chi connectivity index (χ1) is 20.8. The number of pyridine rings is 1. The van der Waals surface area contributed by atoms with Crippen molar-refractivity contribution in [3.63, 3.8) is 0 Å². The minimum atomic E-state index is -0.145. The largest absolute Gasteiger partial charge is 0.455 e. The number of thioether (sulfide) groups is 1. The second-order valence-corrected chi connectivity index (χ2v) is 13.3. The highest BCUT2D eigenvalue weighted by Gasteiger charge is 2.50. The van der Waals surface area contributed by atoms with Gasteiger partial charge in [0.05, 0.1) is 6.20 Å². The average molecular weight is 601 g/mol. The summed E-state index contributed by atoms with van der Waals surface area (Å²) in [5.41, 5.74) is 3.88. The Kier molecular flexibility index (Phi) is 8.70. The molecule has 2 N–H and O–H groups in total. The van der Waals surface area contributed by atoms with E-state index in [1.807, 2.05) is 49.1 Å². The van der Waals surface area contributed by atoms with Crippen LogP contribution in [0.5, 0.6) is 11.5 Å². The molecule has 0 bridgehead atoms. The molecule has 5 heterocycles. The molecule has 3 aliphatic rings. The minimum Gasteiger partial charge on any atom is -0.455 e. The molecule has 43 heavy (non-hydrogen) atoms. The van der Waals surface area contributed by atoms with Gasteiger partial charge in [-0.25, -0.2) is 9.97 Å². The second-order valence-electron chi connectivity index (χ2n) is 12.2. The highest BCUT2D eigenvalue weighted by atomic mass is 32.2. The molecule has 2 aromatic heterocycles. The summed E-state index contributed by atoms with van der Waals surface area (Å²) in [6.07, 6.45) is 10.1. The molecule has 3 aromatic rings. The zero-order valence-electron chi connectivity index (χ0n) is 25.1. The molecule has 2 unspecified atom stereocenters. The minimum absolute atomic E-state index is 0.0676. The maximum atomic E-state index is 13.1. The fourth-order valence-electron chi connectivity index (χ4n) is 6.37. The molecule has 226 valence electrons. The normalized spacial score (nSPS) is 23.7. The fraction of sp³-hybridized carbons (Fsp3) is 0.455. The lowest BCUT2D eigenvalue weighted by molar-refractivity contribution is -0.127. The number of fused-ring (bicyclic) bond motifs is 3. The van der Waals surface area contributed by atoms with Crippen LogP contribution < -0.4 is 10.1 Å². The van der Waals surface area contributed by atoms with Crippen LogP contribution in [0.15, 0.2) is 60.0 Å². The number of aliphatic hydroxyl groups is 1. The standard InChI is InChI=1S/C33H40N6O3S/c1-22-16-25(9-11-27(22)42-26-10-8-23(2)34-17-26)37-31-30-32(36-21-35-31)43-28-19-39(15-12-33(28,30)3)29(41)7-5-14-38-13-4-6-24(18-38)20-40/h5,7-11,16-17,21,24,28,40H,4,6,12-15,18-20H2,1-3H3,(H,35,36,37)/b7-5+/t24-,28?,33?/m1/s1. The van der Waals surface area contributed by atoms with Gasteiger partial charge in [0, 0.05) is 66.5 Å². The van der Waals surface area contributed by atoms with E-state index in [9.17, 15) is 9.90 Å². The SMILES string of the molecule is Cc1ccc(Oc2ccc(Nc3ncnc4c3C3(C)CCN(C(=O)/C=C/CN5CCC[C@@H](CO)C5)CC3S4)cc2C)cn1. The number of hydrogen-bond donors (Lipinski definition) is 2. The molecule has 0 radical (unpaired) electrons. The van der Waals surface area contributed by atoms with Crippen molar-refractivity contribution in [2.75, 3.05) is 44.6 Å². The number of amides is 1. The number of carbonyl (C=O) groups excluding carboxylic acids is 1. The van der Waals surface area contributed by atoms with Crippen LogP contribution in [0.2, 0.25) is 0 Å². The Morgan fingerprint density at radius 3 is 2.86 bits per heavy atom. The number of likely N-dealkylation sites (tertiary alicyclic amines) is 2. The first-order valence-corrected chi connectivity index (χ1v) is 16.0. The van der Waals surface area contributed by atoms with Crippen molar-refractivity contribution in [1.29, 1.82) is 0 Å². The number of nitrogens with zero attached hydrogens (tertiary/aromatic N) is 5. The van der Waals surface area contributed by atoms with Crippen LogP contribution in [0.25, 0.3) is 0 Å². The third-order valence-corrected chi connectivity index (χ3v) is 10.5. The van der Waals surface area contributed by atoms with Gasteiger partial charge >= 0.3 is 0 Å². The first kappa shape index (κ1) is 29.6. The zero-order chi connectivity index (χ0) is 30.0. The van der Waals surface area contributed by atoms with E-state index in [1.165, 1.54) is 0 Å². The van der Waals surface area contributed by atoms with Gasteiger partial charge in [-0.2, -0.15) is 0 Å². The summed E-state index contributed by atoms with van der Waals surface area (Å²) in [4.78, 5) is 31.1. The van der Waals surface area contributed by atoms with Crippen molar-refractivity contribution in [1.82, 2.24) is 24.8 Å². The van der Waals surface area contributed by atoms with Crippen molar-refractivity contribution in [3.05, 3.63) is 71.8 Å². The van der Waals surface area contributed by atoms with Gasteiger partial charge in [-0.05, 0) is 81.5 Å². The predicted molar refractivity (Wildman–Crippen MR) is 169 cm³/mol. The molecular formula is C33H40N6O3S. The van der Waals surface area contributed by atoms with Gasteiger partial charge < -0.3 is 20.1 Å². The third kappa shape index (κ3) is 6.41. The summed E-state index contributed by atoms with van der Waals surface area (Å²) in [5, 5.41) is 14.2. The van der Waals surface area contributed by atoms with Crippen molar-refractivity contribution < 1.29 is 14.6 Å². The summed E-state index contributed by atoms with van der Waals surface area (Å²) in [6.45, 7) is 10.5. The van der Waals surface area contributed by atoms with E-state index >= 15 is 0 Å². The molecule has 9 nitrogen and oxygen atoms in total. The van der Waals surface area contributed by atoms with Crippen molar-refractivity contribution in [2.45, 2.75) is 55.7 Å². The molecule has 3 aliphatic heterocycles. The van der Waals surface area contributed by atoms with E-state index in [2.05, 4.69) is 38.2 Å². The van der Waals surface area contributed by atoms with Crippen molar-refractivity contribution >= 4 is 29.2 Å². The smallest absolute Gasteiger partial charge is 0.246 e. The van der Waals surface area contributed by atoms with Crippen LogP contribution in [-0.4, -0.2) is 80.3 Å². The van der Waals surface area contributed by atoms with Gasteiger partial charge in [0.15, 0.2) is 0 Å². The summed E-state index contributed by atoms with van der Waals surface area (Å²) in [5.74, 6) is 2.72. The number of nitrogens with one attached hydrogen (secondary N) is 1. The zero-order valence-corrected chi connectivity index (χ0v) is 25.9. The second kappa shape index (κ2) is 12.6. The molecule has 10 heteroatoms. The Balaban J connectivity index is 1.11. The highest BCUT2D eigenvalue weighted by Crippen LogP contribution is 2.54. The summed E-state index contributed by atoms with van der Waals surface area (Å²) < 4.78 is 6.06. The number of anilines is 2. The molecule has 1 amide bonds. The van der Waals surface area contributed by atoms with Gasteiger partial charge in [0.25, 0.3) is 0 Å². The number of carbonyl (C=O) groups is 1. The van der Waals surface area contributed by atoms with Gasteiger partial charge in [-0.3, -0.25) is 14.7 Å². The van der Waals surface area contributed by atoms with E-state index in [0.29, 0.717) is 24.8 Å². The van der Waals surface area contributed by atoms with Crippen molar-refractivity contribution in [2.24, 2.45) is 5.92 Å². The van der Waals surface area contributed by atoms with Crippen LogP contribution in [0, 0.1) is 19.8 Å². The van der Waals surface area contributed by atoms with E-state index in [-0.39, 0.29) is 23.2 Å². The van der Waals surface area contributed by atoms with Crippen LogP contribution in [0.3, 0.4) is 0 Å². The van der Waals surface area contributed by atoms with Gasteiger partial charge in [-0.1, -0.05) is 24.8 Å². The summed E-state index contributed by atoms with van der Waals surface area (Å²) >= 11 is 1.75. The third-order valence-electron chi connectivity index (χ3n) is 8.98. The quantitative estimate of drug-likeness (QED) is 0.265. The monoisotopic (exact) mass is 600 g/mol. The number of aromatic nitrogens is 3. The first-order valence-electron chi connectivity index (χ1n) is 15.1. The van der Waals surface area contributed by atoms with E-state index < -0.39 is 0 Å². The number of rotatable bonds is 8. The average Bonchev–Trinajstić information content (AvgIpc) is 3.32. The molecule has 0 aliphatic carbocycles. The fourth-order valence-corrected chi connectivity index (χ4v) is 7.95. The number of piperidine rings is 2. The molecule has 0 spiro atoms. The Bertz CT molecular complexity index is 1500. The van der Waals surface area contributed by atoms with Crippen LogP contribution in [0.1, 0.15) is 43.0 Å². The predicted octanol–water partition coefficient (Wildman–Crippen LogP) is 5.25. The van der Waals surface area contributed by atoms with Crippen LogP contribution in [-0.2, 0) is 10.2 Å². The Morgan fingerprint density at radius 2 is 2.07 bits per heavy atom. The molecule has 2 fully saturated rings. The number of aryl methyl sites for hydroxylation is 2. The molecule has 0 saturated carbocycles. The van der Waals surface area contributed by atoms with Crippen molar-refractivity contribution in [3.8, 4) is 11.5 Å². The van der Waals surface area contributed by atoms with Gasteiger partial charge in [-0.15, -0.1) is 0 Å². The van der Waals surface area contributed by atoms with Gasteiger partial charge in [0.2, 0.25) is 5.91 Å². The van der Waals surface area contributed by atoms with E-state index in [1.54, 1.807) is 30.4 Å². The lowest BCUT2D eigenvalue weighted by Crippen LogP contribution is -2.50. The molecule has 2 saturated heterocycles. The molecular weight excluding hydrogens is 560 g/mol. The summed E-state index contributed by atoms with van der Waals surface area (Å²) in [7, 11) is 0. The Morgan fingerprint density at radius 1 is 1.19 bits per heavy atom. The highest BCUT2D eigenvalue weighted by molar-refractivity contribution is 8.00. The number of hydrogen-bond acceptors (Lipinski definition) is 9. The lowest BCUT2D eigenvalue weighted by Gasteiger charge is -2.41. The maximum Gasteiger partial charge on any atom is 0.246 e. The van der Waals surface area contributed by atoms with E-state index in [4.69, 9.17) is 4.74 Å². The topological polar surface area (TPSA) is 104 Å². The molecule has 1 aromatic carbocycles. The number of aliphatic hydroxyl groups excluding tert-OH is 1. The lowest BCUT2D eigenvalue weighted by atomic mass is 9.75. The van der Waals surface area contributed by atoms with Crippen LogP contribution in [0.4, 0.5) is 11.5 Å². The summed E-state index contributed by atoms with van der Waals surface area (Å²) in [6, 6.07) is 9.89. The number of benzene rings is 1. The maximum absolute atomic E-state index is 13.1. The van der Waals surface area contributed by atoms with E-state index in [0.717, 1.165) is 78.0 Å². The Labute approximate surface area is 257 Å². The molecule has 3 atom stereocenters.